The highest BCUT2D eigenvalue weighted by molar-refractivity contribution is 9.10. The van der Waals surface area contributed by atoms with Crippen molar-refractivity contribution in [2.75, 3.05) is 25.6 Å². The maximum atomic E-state index is 13.1. The third-order valence-corrected chi connectivity index (χ3v) is 7.00. The number of rotatable bonds is 6. The van der Waals surface area contributed by atoms with Crippen molar-refractivity contribution in [2.24, 2.45) is 0 Å². The van der Waals surface area contributed by atoms with Crippen LogP contribution in [0.2, 0.25) is 0 Å². The van der Waals surface area contributed by atoms with Gasteiger partial charge in [-0.2, -0.15) is 4.52 Å². The van der Waals surface area contributed by atoms with Gasteiger partial charge in [-0.05, 0) is 35.7 Å². The van der Waals surface area contributed by atoms with Crippen LogP contribution >= 0.6 is 27.3 Å². The molecule has 0 bridgehead atoms. The minimum Gasteiger partial charge on any atom is -0.383 e. The van der Waals surface area contributed by atoms with E-state index in [4.69, 9.17) is 4.74 Å². The molecule has 0 saturated carbocycles. The largest absolute Gasteiger partial charge is 0.383 e. The Morgan fingerprint density at radius 1 is 1.26 bits per heavy atom. The van der Waals surface area contributed by atoms with Gasteiger partial charge in [-0.1, -0.05) is 21.1 Å². The van der Waals surface area contributed by atoms with Crippen molar-refractivity contribution < 1.29 is 13.2 Å². The number of fused-ring (bicyclic) bond motifs is 3. The van der Waals surface area contributed by atoms with E-state index in [0.29, 0.717) is 19.0 Å². The molecule has 0 radical (unpaired) electrons. The predicted octanol–water partition coefficient (Wildman–Crippen LogP) is 2.99. The summed E-state index contributed by atoms with van der Waals surface area (Å²) in [5.74, 6) is 0.583. The van der Waals surface area contributed by atoms with E-state index >= 15 is 0 Å². The number of methoxy groups -OCH3 is 1. The summed E-state index contributed by atoms with van der Waals surface area (Å²) in [5.41, 5.74) is 0.929. The molecule has 1 N–H and O–H groups in total. The zero-order valence-electron chi connectivity index (χ0n) is 14.1. The van der Waals surface area contributed by atoms with Crippen LogP contribution in [0.15, 0.2) is 50.1 Å². The van der Waals surface area contributed by atoms with Gasteiger partial charge in [0.25, 0.3) is 0 Å². The van der Waals surface area contributed by atoms with Gasteiger partial charge in [-0.3, -0.25) is 0 Å². The maximum Gasteiger partial charge on any atom is 0.229 e. The lowest BCUT2D eigenvalue weighted by molar-refractivity contribution is 0.210. The molecule has 11 heteroatoms. The Kier molecular flexibility index (Phi) is 4.84. The van der Waals surface area contributed by atoms with Gasteiger partial charge >= 0.3 is 0 Å². The predicted molar refractivity (Wildman–Crippen MR) is 106 cm³/mol. The van der Waals surface area contributed by atoms with Gasteiger partial charge in [-0.15, -0.1) is 16.4 Å². The van der Waals surface area contributed by atoms with Gasteiger partial charge in [0.05, 0.1) is 21.7 Å². The lowest BCUT2D eigenvalue weighted by Crippen LogP contribution is -2.10. The van der Waals surface area contributed by atoms with E-state index in [0.717, 1.165) is 14.7 Å². The molecule has 8 nitrogen and oxygen atoms in total. The van der Waals surface area contributed by atoms with E-state index in [1.54, 1.807) is 19.2 Å². The first-order chi connectivity index (χ1) is 13.0. The summed E-state index contributed by atoms with van der Waals surface area (Å²) in [7, 11) is -2.25. The van der Waals surface area contributed by atoms with Crippen LogP contribution < -0.4 is 5.32 Å². The highest BCUT2D eigenvalue weighted by Gasteiger charge is 2.27. The average molecular weight is 468 g/mol. The van der Waals surface area contributed by atoms with Crippen LogP contribution in [0, 0.1) is 0 Å². The molecule has 0 aliphatic heterocycles. The third kappa shape index (κ3) is 3.20. The smallest absolute Gasteiger partial charge is 0.229 e. The van der Waals surface area contributed by atoms with Gasteiger partial charge in [-0.25, -0.2) is 13.4 Å². The lowest BCUT2D eigenvalue weighted by atomic mass is 10.4. The molecule has 0 aliphatic carbocycles. The molecule has 0 saturated heterocycles. The fraction of sp³-hybridized carbons (Fsp3) is 0.188. The average Bonchev–Trinajstić information content (AvgIpc) is 3.29. The van der Waals surface area contributed by atoms with E-state index in [1.807, 2.05) is 11.4 Å². The monoisotopic (exact) mass is 467 g/mol. The van der Waals surface area contributed by atoms with Crippen LogP contribution in [0.3, 0.4) is 0 Å². The molecule has 0 spiro atoms. The summed E-state index contributed by atoms with van der Waals surface area (Å²) in [4.78, 5) is 4.64. The van der Waals surface area contributed by atoms with Crippen LogP contribution in [0.4, 0.5) is 5.82 Å². The number of anilines is 1. The van der Waals surface area contributed by atoms with Gasteiger partial charge in [0.15, 0.2) is 5.65 Å². The first kappa shape index (κ1) is 18.3. The van der Waals surface area contributed by atoms with Crippen molar-refractivity contribution >= 4 is 58.8 Å². The summed E-state index contributed by atoms with van der Waals surface area (Å²) in [6.45, 7) is 1.05. The number of benzene rings is 1. The summed E-state index contributed by atoms with van der Waals surface area (Å²) < 4.78 is 34.3. The van der Waals surface area contributed by atoms with Crippen LogP contribution in [-0.2, 0) is 14.6 Å². The van der Waals surface area contributed by atoms with Crippen molar-refractivity contribution in [3.8, 4) is 0 Å². The van der Waals surface area contributed by atoms with E-state index in [1.165, 1.54) is 28.0 Å². The molecule has 1 aromatic carbocycles. The number of sulfone groups is 1. The van der Waals surface area contributed by atoms with E-state index in [9.17, 15) is 8.42 Å². The minimum atomic E-state index is -3.86. The van der Waals surface area contributed by atoms with Gasteiger partial charge in [0, 0.05) is 18.1 Å². The lowest BCUT2D eigenvalue weighted by Gasteiger charge is -2.07. The van der Waals surface area contributed by atoms with Gasteiger partial charge in [0.2, 0.25) is 14.9 Å². The van der Waals surface area contributed by atoms with Crippen LogP contribution in [0.1, 0.15) is 0 Å². The van der Waals surface area contributed by atoms with E-state index in [-0.39, 0.29) is 15.6 Å². The number of halogens is 1. The molecule has 0 atom stereocenters. The Labute approximate surface area is 167 Å². The number of nitrogens with zero attached hydrogens (tertiary/aromatic N) is 4. The Bertz CT molecular complexity index is 1220. The first-order valence-electron chi connectivity index (χ1n) is 7.88. The van der Waals surface area contributed by atoms with Gasteiger partial charge < -0.3 is 10.1 Å². The number of hydrogen-bond acceptors (Lipinski definition) is 8. The third-order valence-electron chi connectivity index (χ3n) is 3.90. The Hall–Kier alpha value is -2.08. The van der Waals surface area contributed by atoms with Crippen LogP contribution in [0.5, 0.6) is 0 Å². The number of nitrogens with one attached hydrogen (secondary N) is 1. The molecule has 4 aromatic rings. The van der Waals surface area contributed by atoms with Crippen molar-refractivity contribution in [2.45, 2.75) is 9.92 Å². The van der Waals surface area contributed by atoms with Crippen LogP contribution in [0.25, 0.3) is 15.9 Å². The molecular weight excluding hydrogens is 454 g/mol. The molecule has 0 amide bonds. The number of hydrogen-bond donors (Lipinski definition) is 1. The molecule has 0 fully saturated rings. The van der Waals surface area contributed by atoms with Gasteiger partial charge in [0.1, 0.15) is 5.82 Å². The highest BCUT2D eigenvalue weighted by atomic mass is 79.9. The standard InChI is InChI=1S/C16H14BrN5O3S2/c1-25-8-7-18-14-13-12(6-9-26-13)22-15(19-14)16(20-21-22)27(23,24)11-4-2-10(17)3-5-11/h2-6,9H,7-8H2,1H3,(H,18,19). The topological polar surface area (TPSA) is 98.5 Å². The molecule has 3 aromatic heterocycles. The van der Waals surface area contributed by atoms with E-state index in [2.05, 4.69) is 36.5 Å². The fourth-order valence-electron chi connectivity index (χ4n) is 2.61. The first-order valence-corrected chi connectivity index (χ1v) is 11.0. The molecule has 0 unspecified atom stereocenters. The molecule has 4 rings (SSSR count). The normalized spacial score (nSPS) is 12.1. The highest BCUT2D eigenvalue weighted by Crippen LogP contribution is 2.31. The fourth-order valence-corrected chi connectivity index (χ4v) is 4.95. The SMILES string of the molecule is COCCNc1nc2c(S(=O)(=O)c3ccc(Br)cc3)nnn2c2ccsc12. The summed E-state index contributed by atoms with van der Waals surface area (Å²) in [5, 5.41) is 12.9. The maximum absolute atomic E-state index is 13.1. The van der Waals surface area contributed by atoms with Crippen molar-refractivity contribution in [3.63, 3.8) is 0 Å². The second-order valence-corrected chi connectivity index (χ2v) is 9.30. The zero-order chi connectivity index (χ0) is 19.0. The van der Waals surface area contributed by atoms with Crippen molar-refractivity contribution in [3.05, 3.63) is 40.2 Å². The molecule has 140 valence electrons. The second kappa shape index (κ2) is 7.15. The number of thiophene rings is 1. The molecular formula is C16H14BrN5O3S2. The summed E-state index contributed by atoms with van der Waals surface area (Å²) >= 11 is 4.80. The minimum absolute atomic E-state index is 0.134. The van der Waals surface area contributed by atoms with Crippen molar-refractivity contribution in [1.82, 2.24) is 19.8 Å². The second-order valence-electron chi connectivity index (χ2n) is 5.60. The number of aromatic nitrogens is 4. The Morgan fingerprint density at radius 2 is 2.04 bits per heavy atom. The summed E-state index contributed by atoms with van der Waals surface area (Å²) in [6.07, 6.45) is 0. The molecule has 27 heavy (non-hydrogen) atoms. The Morgan fingerprint density at radius 3 is 2.78 bits per heavy atom. The van der Waals surface area contributed by atoms with E-state index < -0.39 is 9.84 Å². The summed E-state index contributed by atoms with van der Waals surface area (Å²) in [6, 6.07) is 8.24. The quantitative estimate of drug-likeness (QED) is 0.435. The number of ether oxygens (including phenoxy) is 1. The molecule has 0 aliphatic rings. The van der Waals surface area contributed by atoms with Crippen LogP contribution in [-0.4, -0.2) is 48.5 Å². The van der Waals surface area contributed by atoms with Crippen molar-refractivity contribution in [1.29, 1.82) is 0 Å². The Balaban J connectivity index is 1.89. The zero-order valence-corrected chi connectivity index (χ0v) is 17.3. The molecule has 3 heterocycles.